The van der Waals surface area contributed by atoms with Gasteiger partial charge in [-0.1, -0.05) is 61.0 Å². The third-order valence-electron chi connectivity index (χ3n) is 4.24. The topological polar surface area (TPSA) is 64.0 Å². The maximum atomic E-state index is 12.6. The minimum Gasteiger partial charge on any atom is -0.323 e. The minimum absolute atomic E-state index is 0.148. The zero-order valence-corrected chi connectivity index (χ0v) is 16.0. The molecule has 1 amide bonds. The minimum atomic E-state index is -0.337. The maximum absolute atomic E-state index is 12.6. The summed E-state index contributed by atoms with van der Waals surface area (Å²) in [5.74, 6) is 0.141. The number of nitrogens with zero attached hydrogens (tertiary/aromatic N) is 2. The van der Waals surface area contributed by atoms with Crippen LogP contribution < -0.4 is 10.9 Å². The molecule has 0 unspecified atom stereocenters. The van der Waals surface area contributed by atoms with Crippen molar-refractivity contribution in [3.63, 3.8) is 0 Å². The number of nitrogens with one attached hydrogen (secondary N) is 1. The summed E-state index contributed by atoms with van der Waals surface area (Å²) in [4.78, 5) is 29.8. The van der Waals surface area contributed by atoms with Gasteiger partial charge in [-0.15, -0.1) is 0 Å². The van der Waals surface area contributed by atoms with Gasteiger partial charge in [0.25, 0.3) is 5.56 Å². The molecule has 2 aromatic carbocycles. The molecule has 0 atom stereocenters. The molecular weight excluding hydrogens is 362 g/mol. The Balaban J connectivity index is 1.97. The number of benzene rings is 2. The number of hydrogen-bond acceptors (Lipinski definition) is 3. The van der Waals surface area contributed by atoms with Gasteiger partial charge >= 0.3 is 0 Å². The van der Waals surface area contributed by atoms with Crippen LogP contribution in [0.1, 0.15) is 18.2 Å². The first-order chi connectivity index (χ1) is 13.0. The lowest BCUT2D eigenvalue weighted by molar-refractivity contribution is -0.116. The number of hydrogen-bond donors (Lipinski definition) is 1. The van der Waals surface area contributed by atoms with Crippen molar-refractivity contribution in [2.24, 2.45) is 0 Å². The summed E-state index contributed by atoms with van der Waals surface area (Å²) in [6, 6.07) is 16.2. The molecule has 0 saturated carbocycles. The number of aryl methyl sites for hydroxylation is 2. The first-order valence-electron chi connectivity index (χ1n) is 8.70. The van der Waals surface area contributed by atoms with E-state index in [1.54, 1.807) is 6.07 Å². The van der Waals surface area contributed by atoms with E-state index in [2.05, 4.69) is 10.3 Å². The van der Waals surface area contributed by atoms with E-state index in [1.165, 1.54) is 10.6 Å². The second-order valence-electron chi connectivity index (χ2n) is 6.19. The van der Waals surface area contributed by atoms with E-state index in [0.717, 1.165) is 11.1 Å². The van der Waals surface area contributed by atoms with Gasteiger partial charge in [0, 0.05) is 17.3 Å². The van der Waals surface area contributed by atoms with E-state index < -0.39 is 0 Å². The van der Waals surface area contributed by atoms with Crippen LogP contribution in [-0.4, -0.2) is 15.5 Å². The molecule has 0 aliphatic heterocycles. The van der Waals surface area contributed by atoms with Gasteiger partial charge in [0.2, 0.25) is 5.91 Å². The Kier molecular flexibility index (Phi) is 5.72. The van der Waals surface area contributed by atoms with Crippen molar-refractivity contribution in [2.75, 3.05) is 5.32 Å². The van der Waals surface area contributed by atoms with Gasteiger partial charge < -0.3 is 5.32 Å². The lowest BCUT2D eigenvalue weighted by Gasteiger charge is -2.15. The van der Waals surface area contributed by atoms with Crippen molar-refractivity contribution in [1.82, 2.24) is 9.55 Å². The average Bonchev–Trinajstić information content (AvgIpc) is 2.67. The summed E-state index contributed by atoms with van der Waals surface area (Å²) in [6.45, 7) is 3.65. The third kappa shape index (κ3) is 4.26. The fourth-order valence-electron chi connectivity index (χ4n) is 2.81. The van der Waals surface area contributed by atoms with Crippen molar-refractivity contribution in [1.29, 1.82) is 0 Å². The zero-order valence-electron chi connectivity index (χ0n) is 15.2. The molecule has 0 aliphatic rings. The first kappa shape index (κ1) is 18.9. The van der Waals surface area contributed by atoms with E-state index >= 15 is 0 Å². The molecule has 3 rings (SSSR count). The highest BCUT2D eigenvalue weighted by Crippen LogP contribution is 2.25. The number of rotatable bonds is 5. The molecule has 0 saturated heterocycles. The first-order valence-corrected chi connectivity index (χ1v) is 9.08. The van der Waals surface area contributed by atoms with Crippen LogP contribution >= 0.6 is 11.6 Å². The normalized spacial score (nSPS) is 10.6. The van der Waals surface area contributed by atoms with Crippen LogP contribution in [0.3, 0.4) is 0 Å². The van der Waals surface area contributed by atoms with Crippen LogP contribution in [0.2, 0.25) is 5.02 Å². The summed E-state index contributed by atoms with van der Waals surface area (Å²) < 4.78 is 1.38. The molecule has 0 bridgehead atoms. The van der Waals surface area contributed by atoms with Gasteiger partial charge in [0.1, 0.15) is 12.4 Å². The molecule has 138 valence electrons. The zero-order chi connectivity index (χ0) is 19.4. The SMILES string of the molecule is CCc1cc(=O)n(CC(=O)Nc2c(C)cccc2Cl)c(-c2ccccc2)n1. The highest BCUT2D eigenvalue weighted by molar-refractivity contribution is 6.33. The predicted octanol–water partition coefficient (Wildman–Crippen LogP) is 4.07. The smallest absolute Gasteiger partial charge is 0.254 e. The van der Waals surface area contributed by atoms with Crippen LogP contribution in [0.4, 0.5) is 5.69 Å². The van der Waals surface area contributed by atoms with Crippen LogP contribution in [0.5, 0.6) is 0 Å². The summed E-state index contributed by atoms with van der Waals surface area (Å²) >= 11 is 6.18. The number of amides is 1. The molecule has 1 N–H and O–H groups in total. The summed E-state index contributed by atoms with van der Waals surface area (Å²) in [6.07, 6.45) is 0.640. The lowest BCUT2D eigenvalue weighted by Crippen LogP contribution is -2.30. The van der Waals surface area contributed by atoms with E-state index in [-0.39, 0.29) is 18.0 Å². The predicted molar refractivity (Wildman–Crippen MR) is 108 cm³/mol. The highest BCUT2D eigenvalue weighted by Gasteiger charge is 2.15. The summed E-state index contributed by atoms with van der Waals surface area (Å²) in [5.41, 5.74) is 2.62. The van der Waals surface area contributed by atoms with Crippen molar-refractivity contribution < 1.29 is 4.79 Å². The summed E-state index contributed by atoms with van der Waals surface area (Å²) in [5, 5.41) is 3.26. The Bertz CT molecular complexity index is 1010. The Labute approximate surface area is 162 Å². The number of carbonyl (C=O) groups excluding carboxylic acids is 1. The Morgan fingerprint density at radius 2 is 1.89 bits per heavy atom. The largest absolute Gasteiger partial charge is 0.323 e. The highest BCUT2D eigenvalue weighted by atomic mass is 35.5. The number of aromatic nitrogens is 2. The van der Waals surface area contributed by atoms with Crippen LogP contribution in [0.15, 0.2) is 59.4 Å². The molecule has 0 aliphatic carbocycles. The number of halogens is 1. The molecule has 5 nitrogen and oxygen atoms in total. The van der Waals surface area contributed by atoms with Gasteiger partial charge in [0.15, 0.2) is 0 Å². The molecule has 3 aromatic rings. The molecular formula is C21H20ClN3O2. The van der Waals surface area contributed by atoms with Crippen molar-refractivity contribution in [3.8, 4) is 11.4 Å². The monoisotopic (exact) mass is 381 g/mol. The Morgan fingerprint density at radius 1 is 1.15 bits per heavy atom. The summed E-state index contributed by atoms with van der Waals surface area (Å²) in [7, 11) is 0. The van der Waals surface area contributed by atoms with E-state index in [1.807, 2.05) is 56.3 Å². The van der Waals surface area contributed by atoms with E-state index in [0.29, 0.717) is 28.6 Å². The Hall–Kier alpha value is -2.92. The quantitative estimate of drug-likeness (QED) is 0.724. The molecule has 27 heavy (non-hydrogen) atoms. The third-order valence-corrected chi connectivity index (χ3v) is 4.56. The van der Waals surface area contributed by atoms with E-state index in [9.17, 15) is 9.59 Å². The van der Waals surface area contributed by atoms with Gasteiger partial charge in [0.05, 0.1) is 10.7 Å². The molecule has 6 heteroatoms. The second-order valence-corrected chi connectivity index (χ2v) is 6.60. The van der Waals surface area contributed by atoms with Gasteiger partial charge in [-0.3, -0.25) is 14.2 Å². The van der Waals surface area contributed by atoms with Crippen molar-refractivity contribution in [3.05, 3.63) is 81.2 Å². The van der Waals surface area contributed by atoms with Crippen LogP contribution in [0, 0.1) is 6.92 Å². The fraction of sp³-hybridized carbons (Fsp3) is 0.190. The lowest BCUT2D eigenvalue weighted by atomic mass is 10.2. The second kappa shape index (κ2) is 8.18. The van der Waals surface area contributed by atoms with E-state index in [4.69, 9.17) is 11.6 Å². The van der Waals surface area contributed by atoms with Gasteiger partial charge in [-0.2, -0.15) is 0 Å². The standard InChI is InChI=1S/C21H20ClN3O2/c1-3-16-12-19(27)25(21(23-16)15-9-5-4-6-10-15)13-18(26)24-20-14(2)8-7-11-17(20)22/h4-12H,3,13H2,1-2H3,(H,24,26). The van der Waals surface area contributed by atoms with Crippen molar-refractivity contribution in [2.45, 2.75) is 26.8 Å². The fourth-order valence-corrected chi connectivity index (χ4v) is 3.08. The molecule has 0 radical (unpaired) electrons. The number of carbonyl (C=O) groups is 1. The molecule has 0 spiro atoms. The van der Waals surface area contributed by atoms with Crippen molar-refractivity contribution >= 4 is 23.2 Å². The van der Waals surface area contributed by atoms with Gasteiger partial charge in [-0.05, 0) is 25.0 Å². The molecule has 1 aromatic heterocycles. The van der Waals surface area contributed by atoms with Crippen LogP contribution in [0.25, 0.3) is 11.4 Å². The van der Waals surface area contributed by atoms with Crippen LogP contribution in [-0.2, 0) is 17.8 Å². The average molecular weight is 382 g/mol. The number of para-hydroxylation sites is 1. The molecule has 1 heterocycles. The maximum Gasteiger partial charge on any atom is 0.254 e. The Morgan fingerprint density at radius 3 is 2.56 bits per heavy atom. The number of anilines is 1. The van der Waals surface area contributed by atoms with Gasteiger partial charge in [-0.25, -0.2) is 4.98 Å². The molecule has 0 fully saturated rings.